The van der Waals surface area contributed by atoms with E-state index in [2.05, 4.69) is 133 Å². The number of fused-ring (bicyclic) bond motifs is 6. The van der Waals surface area contributed by atoms with E-state index in [1.165, 1.54) is 10.8 Å². The van der Waals surface area contributed by atoms with Crippen molar-refractivity contribution < 1.29 is 4.42 Å². The summed E-state index contributed by atoms with van der Waals surface area (Å²) in [7, 11) is 0. The highest BCUT2D eigenvalue weighted by molar-refractivity contribution is 6.18. The molecule has 0 fully saturated rings. The topological polar surface area (TPSA) is 51.8 Å². The van der Waals surface area contributed by atoms with Crippen LogP contribution in [0, 0.1) is 0 Å². The van der Waals surface area contributed by atoms with Crippen molar-refractivity contribution in [3.8, 4) is 45.3 Å². The van der Waals surface area contributed by atoms with E-state index in [1.807, 2.05) is 30.3 Å². The first-order valence-corrected chi connectivity index (χ1v) is 16.4. The van der Waals surface area contributed by atoms with Gasteiger partial charge in [-0.05, 0) is 61.6 Å². The zero-order chi connectivity index (χ0) is 32.3. The second-order valence-electron chi connectivity index (χ2n) is 12.4. The minimum Gasteiger partial charge on any atom is -0.456 e. The third-order valence-electron chi connectivity index (χ3n) is 9.51. The van der Waals surface area contributed by atoms with Crippen LogP contribution in [0.15, 0.2) is 168 Å². The van der Waals surface area contributed by atoms with Gasteiger partial charge in [0.1, 0.15) is 11.2 Å². The first-order chi connectivity index (χ1) is 24.3. The van der Waals surface area contributed by atoms with Gasteiger partial charge in [-0.15, -0.1) is 0 Å². The molecule has 0 aliphatic carbocycles. The van der Waals surface area contributed by atoms with Gasteiger partial charge in [-0.1, -0.05) is 146 Å². The Morgan fingerprint density at radius 1 is 0.327 bits per heavy atom. The second-order valence-corrected chi connectivity index (χ2v) is 12.4. The van der Waals surface area contributed by atoms with E-state index in [4.69, 9.17) is 19.4 Å². The third kappa shape index (κ3) is 4.49. The predicted octanol–water partition coefficient (Wildman–Crippen LogP) is 11.9. The molecule has 0 aliphatic heterocycles. The van der Waals surface area contributed by atoms with Crippen LogP contribution in [0.4, 0.5) is 0 Å². The number of hydrogen-bond acceptors (Lipinski definition) is 4. The molecule has 8 aromatic carbocycles. The first-order valence-electron chi connectivity index (χ1n) is 16.4. The van der Waals surface area contributed by atoms with Gasteiger partial charge in [-0.25, -0.2) is 15.0 Å². The highest BCUT2D eigenvalue weighted by Gasteiger charge is 2.19. The quantitative estimate of drug-likeness (QED) is 0.195. The summed E-state index contributed by atoms with van der Waals surface area (Å²) in [4.78, 5) is 15.3. The molecule has 0 atom stereocenters. The summed E-state index contributed by atoms with van der Waals surface area (Å²) in [6, 6.07) is 56.9. The second kappa shape index (κ2) is 11.0. The molecule has 4 heteroatoms. The Kier molecular flexibility index (Phi) is 6.15. The molecule has 0 radical (unpaired) electrons. The minimum absolute atomic E-state index is 0.637. The lowest BCUT2D eigenvalue weighted by molar-refractivity contribution is 0.669. The van der Waals surface area contributed by atoms with Crippen LogP contribution in [0.3, 0.4) is 0 Å². The Labute approximate surface area is 282 Å². The molecule has 0 saturated heterocycles. The Balaban J connectivity index is 1.21. The van der Waals surface area contributed by atoms with Crippen molar-refractivity contribution in [3.05, 3.63) is 164 Å². The molecule has 0 unspecified atom stereocenters. The van der Waals surface area contributed by atoms with E-state index in [0.717, 1.165) is 71.3 Å². The Morgan fingerprint density at radius 2 is 0.857 bits per heavy atom. The maximum absolute atomic E-state index is 6.44. The molecule has 228 valence electrons. The molecule has 0 spiro atoms. The Morgan fingerprint density at radius 3 is 1.65 bits per heavy atom. The molecule has 0 aliphatic rings. The molecule has 0 amide bonds. The average molecular weight is 626 g/mol. The van der Waals surface area contributed by atoms with Gasteiger partial charge in [-0.3, -0.25) is 0 Å². The molecule has 0 N–H and O–H groups in total. The van der Waals surface area contributed by atoms with E-state index in [9.17, 15) is 0 Å². The van der Waals surface area contributed by atoms with Crippen molar-refractivity contribution in [2.75, 3.05) is 0 Å². The number of hydrogen-bond donors (Lipinski definition) is 0. The fourth-order valence-electron chi connectivity index (χ4n) is 7.23. The van der Waals surface area contributed by atoms with Crippen molar-refractivity contribution in [1.29, 1.82) is 0 Å². The molecule has 2 aromatic heterocycles. The van der Waals surface area contributed by atoms with Crippen LogP contribution in [-0.4, -0.2) is 15.0 Å². The summed E-state index contributed by atoms with van der Waals surface area (Å²) < 4.78 is 6.44. The molecule has 10 rings (SSSR count). The van der Waals surface area contributed by atoms with E-state index in [-0.39, 0.29) is 0 Å². The van der Waals surface area contributed by atoms with Crippen LogP contribution >= 0.6 is 0 Å². The van der Waals surface area contributed by atoms with Crippen molar-refractivity contribution in [2.45, 2.75) is 0 Å². The normalized spacial score (nSPS) is 11.7. The van der Waals surface area contributed by atoms with Gasteiger partial charge in [0, 0.05) is 27.5 Å². The highest BCUT2D eigenvalue weighted by Crippen LogP contribution is 2.42. The Hall–Kier alpha value is -6.65. The fraction of sp³-hybridized carbons (Fsp3) is 0. The van der Waals surface area contributed by atoms with Crippen LogP contribution in [-0.2, 0) is 0 Å². The molecule has 0 bridgehead atoms. The summed E-state index contributed by atoms with van der Waals surface area (Å²) in [5.74, 6) is 1.93. The average Bonchev–Trinajstić information content (AvgIpc) is 3.54. The highest BCUT2D eigenvalue weighted by atomic mass is 16.3. The zero-order valence-corrected chi connectivity index (χ0v) is 26.3. The zero-order valence-electron chi connectivity index (χ0n) is 26.3. The fourth-order valence-corrected chi connectivity index (χ4v) is 7.23. The monoisotopic (exact) mass is 625 g/mol. The third-order valence-corrected chi connectivity index (χ3v) is 9.51. The van der Waals surface area contributed by atoms with Crippen molar-refractivity contribution in [2.24, 2.45) is 0 Å². The van der Waals surface area contributed by atoms with Crippen LogP contribution in [0.2, 0.25) is 0 Å². The molecule has 4 nitrogen and oxygen atoms in total. The Bertz CT molecular complexity index is 2890. The van der Waals surface area contributed by atoms with Crippen LogP contribution in [0.1, 0.15) is 0 Å². The van der Waals surface area contributed by atoms with E-state index in [0.29, 0.717) is 17.5 Å². The molecular weight excluding hydrogens is 599 g/mol. The van der Waals surface area contributed by atoms with Crippen LogP contribution in [0.25, 0.3) is 99.5 Å². The lowest BCUT2D eigenvalue weighted by Crippen LogP contribution is -2.01. The molecule has 0 saturated carbocycles. The van der Waals surface area contributed by atoms with E-state index in [1.54, 1.807) is 0 Å². The van der Waals surface area contributed by atoms with Crippen molar-refractivity contribution in [1.82, 2.24) is 15.0 Å². The minimum atomic E-state index is 0.637. The van der Waals surface area contributed by atoms with Crippen molar-refractivity contribution >= 4 is 54.3 Å². The SMILES string of the molecule is c1ccc(-c2nc(-c3cccc4ccccc34)nc(-c3cccc4c(-c5cccc6oc7cc8ccccc8cc7c56)cccc34)n2)cc1. The van der Waals surface area contributed by atoms with Crippen LogP contribution < -0.4 is 0 Å². The van der Waals surface area contributed by atoms with Gasteiger partial charge in [-0.2, -0.15) is 0 Å². The summed E-state index contributed by atoms with van der Waals surface area (Å²) in [6.07, 6.45) is 0. The maximum atomic E-state index is 6.44. The smallest absolute Gasteiger partial charge is 0.164 e. The van der Waals surface area contributed by atoms with Crippen LogP contribution in [0.5, 0.6) is 0 Å². The lowest BCUT2D eigenvalue weighted by atomic mass is 9.92. The summed E-state index contributed by atoms with van der Waals surface area (Å²) >= 11 is 0. The molecule has 10 aromatic rings. The molecular formula is C45H27N3O. The standard InChI is InChI=1S/C45H27N3O/c1-2-13-29(14-3-1)43-46-44(37-23-8-17-28-12-6-7-18-32(28)37)48-45(47-43)38-24-10-19-33-34(20-9-21-35(33)38)36-22-11-25-40-42(36)39-26-30-15-4-5-16-31(30)27-41(39)49-40/h1-27H. The summed E-state index contributed by atoms with van der Waals surface area (Å²) in [6.45, 7) is 0. The van der Waals surface area contributed by atoms with Gasteiger partial charge in [0.2, 0.25) is 0 Å². The molecule has 49 heavy (non-hydrogen) atoms. The van der Waals surface area contributed by atoms with Gasteiger partial charge in [0.15, 0.2) is 17.5 Å². The van der Waals surface area contributed by atoms with E-state index < -0.39 is 0 Å². The van der Waals surface area contributed by atoms with Gasteiger partial charge < -0.3 is 4.42 Å². The number of benzene rings is 8. The number of furan rings is 1. The predicted molar refractivity (Wildman–Crippen MR) is 201 cm³/mol. The summed E-state index contributed by atoms with van der Waals surface area (Å²) in [5.41, 5.74) is 6.90. The van der Waals surface area contributed by atoms with E-state index >= 15 is 0 Å². The number of nitrogens with zero attached hydrogens (tertiary/aromatic N) is 3. The lowest BCUT2D eigenvalue weighted by Gasteiger charge is -2.13. The first kappa shape index (κ1) is 27.5. The van der Waals surface area contributed by atoms with Gasteiger partial charge in [0.05, 0.1) is 0 Å². The molecule has 2 heterocycles. The maximum Gasteiger partial charge on any atom is 0.164 e. The van der Waals surface area contributed by atoms with Gasteiger partial charge >= 0.3 is 0 Å². The number of aromatic nitrogens is 3. The number of rotatable bonds is 4. The van der Waals surface area contributed by atoms with Crippen molar-refractivity contribution in [3.63, 3.8) is 0 Å². The van der Waals surface area contributed by atoms with Gasteiger partial charge in [0.25, 0.3) is 0 Å². The summed E-state index contributed by atoms with van der Waals surface area (Å²) in [5, 5.41) is 9.04. The largest absolute Gasteiger partial charge is 0.456 e.